The molecule has 2 unspecified atom stereocenters. The van der Waals surface area contributed by atoms with Crippen LogP contribution < -0.4 is 0 Å². The van der Waals surface area contributed by atoms with E-state index in [2.05, 4.69) is 22.6 Å². The lowest BCUT2D eigenvalue weighted by Crippen LogP contribution is -2.47. The molecule has 0 N–H and O–H groups in total. The summed E-state index contributed by atoms with van der Waals surface area (Å²) in [5.41, 5.74) is 0. The molecule has 0 heterocycles. The fraction of sp³-hybridized carbons (Fsp3) is 0.615. The number of amides is 2. The molecule has 224 valence electrons. The Labute approximate surface area is 233 Å². The van der Waals surface area contributed by atoms with Gasteiger partial charge in [-0.2, -0.15) is 0 Å². The van der Waals surface area contributed by atoms with E-state index < -0.39 is 36.1 Å². The van der Waals surface area contributed by atoms with Crippen LogP contribution in [0.5, 0.6) is 0 Å². The Bertz CT molecular complexity index is 836. The summed E-state index contributed by atoms with van der Waals surface area (Å²) in [4.78, 5) is 72.9. The molecule has 1 fully saturated rings. The molecule has 1 saturated carbocycles. The van der Waals surface area contributed by atoms with Crippen molar-refractivity contribution in [1.29, 1.82) is 0 Å². The topological polar surface area (TPSA) is 164 Å². The van der Waals surface area contributed by atoms with Gasteiger partial charge in [0.15, 0.2) is 0 Å². The molecule has 2 atom stereocenters. The molecule has 0 bridgehead atoms. The van der Waals surface area contributed by atoms with Gasteiger partial charge in [-0.25, -0.2) is 19.2 Å². The van der Waals surface area contributed by atoms with Gasteiger partial charge in [0.25, 0.3) is 0 Å². The fourth-order valence-electron chi connectivity index (χ4n) is 3.65. The van der Waals surface area contributed by atoms with E-state index in [0.717, 1.165) is 31.4 Å². The number of carbonyl (C=O) groups excluding carboxylic acids is 6. The molecule has 1 aliphatic rings. The van der Waals surface area contributed by atoms with E-state index in [0.29, 0.717) is 6.42 Å². The SMILES string of the molecule is C=CC(=O)OCCC(=O)OCCOC(=O)N(C)C1CCCC(N(C)C(=O)OCCOC(=O)CCOC(=O)C=C)C1. The van der Waals surface area contributed by atoms with E-state index in [-0.39, 0.29) is 64.6 Å². The predicted octanol–water partition coefficient (Wildman–Crippen LogP) is 1.76. The molecule has 1 aliphatic carbocycles. The Morgan fingerprint density at radius 3 is 1.38 bits per heavy atom. The van der Waals surface area contributed by atoms with E-state index in [1.165, 1.54) is 9.80 Å². The lowest BCUT2D eigenvalue weighted by Gasteiger charge is -2.38. The van der Waals surface area contributed by atoms with Crippen LogP contribution in [-0.4, -0.2) is 112 Å². The van der Waals surface area contributed by atoms with E-state index in [4.69, 9.17) is 18.9 Å². The number of esters is 4. The highest BCUT2D eigenvalue weighted by Crippen LogP contribution is 2.26. The van der Waals surface area contributed by atoms with E-state index in [1.54, 1.807) is 14.1 Å². The summed E-state index contributed by atoms with van der Waals surface area (Å²) in [6, 6.07) is -0.362. The maximum atomic E-state index is 12.4. The summed E-state index contributed by atoms with van der Waals surface area (Å²) in [5, 5.41) is 0. The Kier molecular flexibility index (Phi) is 16.1. The first-order valence-corrected chi connectivity index (χ1v) is 12.8. The average Bonchev–Trinajstić information content (AvgIpc) is 2.96. The predicted molar refractivity (Wildman–Crippen MR) is 138 cm³/mol. The molecule has 14 nitrogen and oxygen atoms in total. The van der Waals surface area contributed by atoms with E-state index >= 15 is 0 Å². The third-order valence-electron chi connectivity index (χ3n) is 5.87. The van der Waals surface area contributed by atoms with Gasteiger partial charge in [0.05, 0.1) is 12.8 Å². The standard InChI is InChI=1S/C26H38N2O12/c1-5-21(29)35-12-10-23(31)37-14-16-39-25(33)27(3)19-8-7-9-20(18-19)28(4)26(34)40-17-15-38-24(32)11-13-36-22(30)6-2/h5-6,19-20H,1-2,7-18H2,3-4H3. The van der Waals surface area contributed by atoms with Crippen LogP contribution in [-0.2, 0) is 47.6 Å². The van der Waals surface area contributed by atoms with Crippen LogP contribution in [0.4, 0.5) is 9.59 Å². The van der Waals surface area contributed by atoms with Crippen molar-refractivity contribution in [1.82, 2.24) is 9.80 Å². The first kappa shape index (κ1) is 33.9. The van der Waals surface area contributed by atoms with Crippen LogP contribution >= 0.6 is 0 Å². The van der Waals surface area contributed by atoms with Gasteiger partial charge in [-0.15, -0.1) is 0 Å². The molecular formula is C26H38N2O12. The molecule has 0 radical (unpaired) electrons. The smallest absolute Gasteiger partial charge is 0.409 e. The number of hydrogen-bond donors (Lipinski definition) is 0. The van der Waals surface area contributed by atoms with Gasteiger partial charge < -0.3 is 38.2 Å². The monoisotopic (exact) mass is 570 g/mol. The van der Waals surface area contributed by atoms with Crippen LogP contribution in [0, 0.1) is 0 Å². The van der Waals surface area contributed by atoms with Crippen molar-refractivity contribution < 1.29 is 57.2 Å². The third-order valence-corrected chi connectivity index (χ3v) is 5.87. The molecule has 40 heavy (non-hydrogen) atoms. The molecule has 14 heteroatoms. The second-order valence-corrected chi connectivity index (χ2v) is 8.61. The average molecular weight is 571 g/mol. The minimum absolute atomic E-state index is 0.132. The van der Waals surface area contributed by atoms with Gasteiger partial charge >= 0.3 is 36.1 Å². The molecule has 0 aromatic heterocycles. The molecule has 0 saturated heterocycles. The minimum Gasteiger partial charge on any atom is -0.462 e. The van der Waals surface area contributed by atoms with Crippen LogP contribution in [0.1, 0.15) is 38.5 Å². The van der Waals surface area contributed by atoms with Crippen molar-refractivity contribution in [3.63, 3.8) is 0 Å². The highest BCUT2D eigenvalue weighted by atomic mass is 16.6. The highest BCUT2D eigenvalue weighted by molar-refractivity contribution is 5.82. The van der Waals surface area contributed by atoms with Crippen molar-refractivity contribution in [2.24, 2.45) is 0 Å². The molecule has 1 rings (SSSR count). The number of nitrogens with zero attached hydrogens (tertiary/aromatic N) is 2. The van der Waals surface area contributed by atoms with Crippen LogP contribution in [0.2, 0.25) is 0 Å². The zero-order valence-electron chi connectivity index (χ0n) is 23.0. The maximum absolute atomic E-state index is 12.4. The van der Waals surface area contributed by atoms with Crippen molar-refractivity contribution in [2.45, 2.75) is 50.6 Å². The van der Waals surface area contributed by atoms with E-state index in [1.807, 2.05) is 0 Å². The first-order chi connectivity index (χ1) is 19.1. The number of rotatable bonds is 16. The number of ether oxygens (including phenoxy) is 6. The van der Waals surface area contributed by atoms with Crippen LogP contribution in [0.25, 0.3) is 0 Å². The van der Waals surface area contributed by atoms with Crippen molar-refractivity contribution in [3.05, 3.63) is 25.3 Å². The summed E-state index contributed by atoms with van der Waals surface area (Å²) < 4.78 is 29.6. The van der Waals surface area contributed by atoms with Gasteiger partial charge in [-0.3, -0.25) is 9.59 Å². The van der Waals surface area contributed by atoms with Gasteiger partial charge in [0.2, 0.25) is 0 Å². The zero-order valence-corrected chi connectivity index (χ0v) is 23.0. The summed E-state index contributed by atoms with van der Waals surface area (Å²) in [6.07, 6.45) is 3.25. The Hall–Kier alpha value is -4.10. The quantitative estimate of drug-likeness (QED) is 0.114. The second kappa shape index (κ2) is 19.0. The van der Waals surface area contributed by atoms with Crippen molar-refractivity contribution in [2.75, 3.05) is 53.7 Å². The Morgan fingerprint density at radius 2 is 1.00 bits per heavy atom. The molecule has 0 aliphatic heterocycles. The Morgan fingerprint density at radius 1 is 0.625 bits per heavy atom. The van der Waals surface area contributed by atoms with Gasteiger partial charge in [0.1, 0.15) is 39.6 Å². The molecule has 0 spiro atoms. The minimum atomic E-state index is -0.640. The molecule has 0 aromatic rings. The van der Waals surface area contributed by atoms with Crippen LogP contribution in [0.15, 0.2) is 25.3 Å². The van der Waals surface area contributed by atoms with Crippen LogP contribution in [0.3, 0.4) is 0 Å². The highest BCUT2D eigenvalue weighted by Gasteiger charge is 2.32. The summed E-state index contributed by atoms with van der Waals surface area (Å²) in [5.74, 6) is -2.48. The van der Waals surface area contributed by atoms with Gasteiger partial charge in [-0.05, 0) is 25.7 Å². The van der Waals surface area contributed by atoms with Gasteiger partial charge in [0, 0.05) is 38.3 Å². The lowest BCUT2D eigenvalue weighted by molar-refractivity contribution is -0.149. The second-order valence-electron chi connectivity index (χ2n) is 8.61. The third kappa shape index (κ3) is 13.6. The molecule has 2 amide bonds. The lowest BCUT2D eigenvalue weighted by atomic mass is 9.89. The zero-order chi connectivity index (χ0) is 29.9. The van der Waals surface area contributed by atoms with Crippen molar-refractivity contribution >= 4 is 36.1 Å². The summed E-state index contributed by atoms with van der Waals surface area (Å²) in [6.45, 7) is 5.63. The molecular weight excluding hydrogens is 532 g/mol. The Balaban J connectivity index is 2.30. The largest absolute Gasteiger partial charge is 0.462 e. The molecule has 0 aromatic carbocycles. The number of carbonyl (C=O) groups is 6. The van der Waals surface area contributed by atoms with Crippen molar-refractivity contribution in [3.8, 4) is 0 Å². The van der Waals surface area contributed by atoms with E-state index in [9.17, 15) is 28.8 Å². The summed E-state index contributed by atoms with van der Waals surface area (Å²) >= 11 is 0. The number of hydrogen-bond acceptors (Lipinski definition) is 12. The normalized spacial score (nSPS) is 15.9. The first-order valence-electron chi connectivity index (χ1n) is 12.8. The fourth-order valence-corrected chi connectivity index (χ4v) is 3.65. The maximum Gasteiger partial charge on any atom is 0.409 e. The van der Waals surface area contributed by atoms with Gasteiger partial charge in [-0.1, -0.05) is 13.2 Å². The summed E-state index contributed by atoms with van der Waals surface area (Å²) in [7, 11) is 3.20.